The maximum atomic E-state index is 13.9. The normalized spacial score (nSPS) is 12.8. The van der Waals surface area contributed by atoms with Crippen molar-refractivity contribution in [1.82, 2.24) is 9.80 Å². The summed E-state index contributed by atoms with van der Waals surface area (Å²) in [6.07, 6.45) is 0. The number of hydrogen-bond acceptors (Lipinski definition) is 5. The summed E-state index contributed by atoms with van der Waals surface area (Å²) in [5, 5.41) is 5.53. The largest absolute Gasteiger partial charge is 0.497 e. The van der Waals surface area contributed by atoms with Crippen molar-refractivity contribution in [3.8, 4) is 5.75 Å². The number of ether oxygens (including phenoxy) is 1. The number of hydrogen-bond donors (Lipinski definition) is 2. The summed E-state index contributed by atoms with van der Waals surface area (Å²) >= 11 is 0. The topological polar surface area (TPSA) is 94.2 Å². The van der Waals surface area contributed by atoms with Crippen molar-refractivity contribution in [3.63, 3.8) is 0 Å². The van der Waals surface area contributed by atoms with Crippen molar-refractivity contribution in [3.05, 3.63) is 120 Å². The van der Waals surface area contributed by atoms with Gasteiger partial charge in [0.25, 0.3) is 5.91 Å². The Kier molecular flexibility index (Phi) is 9.71. The second-order valence-corrected chi connectivity index (χ2v) is 10.4. The Bertz CT molecular complexity index is 1590. The predicted molar refractivity (Wildman–Crippen MR) is 168 cm³/mol. The Morgan fingerprint density at radius 1 is 0.818 bits per heavy atom. The number of piperazine rings is 1. The van der Waals surface area contributed by atoms with Crippen LogP contribution in [0.4, 0.5) is 26.2 Å². The number of rotatable bonds is 9. The Balaban J connectivity index is 1.17. The molecule has 0 bridgehead atoms. The van der Waals surface area contributed by atoms with Crippen LogP contribution < -0.4 is 20.3 Å². The summed E-state index contributed by atoms with van der Waals surface area (Å²) in [4.78, 5) is 44.5. The van der Waals surface area contributed by atoms with Crippen molar-refractivity contribution < 1.29 is 23.5 Å². The summed E-state index contributed by atoms with van der Waals surface area (Å²) < 4.78 is 19.2. The van der Waals surface area contributed by atoms with Gasteiger partial charge in [0.15, 0.2) is 0 Å². The van der Waals surface area contributed by atoms with E-state index in [9.17, 15) is 18.8 Å². The van der Waals surface area contributed by atoms with Gasteiger partial charge in [0.05, 0.1) is 12.8 Å². The van der Waals surface area contributed by atoms with E-state index in [1.54, 1.807) is 48.4 Å². The third kappa shape index (κ3) is 7.71. The van der Waals surface area contributed by atoms with Gasteiger partial charge in [-0.05, 0) is 60.2 Å². The van der Waals surface area contributed by atoms with Gasteiger partial charge in [-0.25, -0.2) is 9.18 Å². The molecule has 1 heterocycles. The van der Waals surface area contributed by atoms with E-state index in [1.165, 1.54) is 17.0 Å². The summed E-state index contributed by atoms with van der Waals surface area (Å²) in [6, 6.07) is 29.6. The molecule has 226 valence electrons. The first-order valence-electron chi connectivity index (χ1n) is 14.3. The third-order valence-corrected chi connectivity index (χ3v) is 7.35. The number of nitrogens with zero attached hydrogens (tertiary/aromatic N) is 3. The van der Waals surface area contributed by atoms with Crippen LogP contribution in [-0.4, -0.2) is 67.5 Å². The Labute approximate surface area is 255 Å². The van der Waals surface area contributed by atoms with E-state index < -0.39 is 5.82 Å². The minimum atomic E-state index is -0.473. The summed E-state index contributed by atoms with van der Waals surface area (Å²) in [6.45, 7) is 2.32. The van der Waals surface area contributed by atoms with E-state index in [4.69, 9.17) is 4.74 Å². The van der Waals surface area contributed by atoms with Crippen molar-refractivity contribution in [2.45, 2.75) is 6.54 Å². The number of benzene rings is 4. The van der Waals surface area contributed by atoms with Crippen LogP contribution in [0, 0.1) is 5.82 Å². The number of amides is 4. The zero-order chi connectivity index (χ0) is 30.9. The van der Waals surface area contributed by atoms with Gasteiger partial charge in [-0.2, -0.15) is 0 Å². The number of halogens is 1. The molecule has 4 aromatic rings. The lowest BCUT2D eigenvalue weighted by atomic mass is 10.1. The van der Waals surface area contributed by atoms with Crippen LogP contribution in [0.2, 0.25) is 0 Å². The molecule has 0 unspecified atom stereocenters. The molecule has 1 aliphatic rings. The minimum Gasteiger partial charge on any atom is -0.497 e. The van der Waals surface area contributed by atoms with E-state index in [0.717, 1.165) is 11.3 Å². The van der Waals surface area contributed by atoms with Crippen LogP contribution in [0.3, 0.4) is 0 Å². The highest BCUT2D eigenvalue weighted by Crippen LogP contribution is 2.21. The Hall–Kier alpha value is -5.38. The van der Waals surface area contributed by atoms with Gasteiger partial charge >= 0.3 is 6.03 Å². The van der Waals surface area contributed by atoms with Gasteiger partial charge in [0.1, 0.15) is 18.1 Å². The van der Waals surface area contributed by atoms with Crippen molar-refractivity contribution in [2.24, 2.45) is 0 Å². The maximum Gasteiger partial charge on any atom is 0.322 e. The number of urea groups is 1. The fourth-order valence-corrected chi connectivity index (χ4v) is 5.00. The second kappa shape index (κ2) is 14.2. The van der Waals surface area contributed by atoms with E-state index in [0.29, 0.717) is 43.2 Å². The molecule has 0 spiro atoms. The van der Waals surface area contributed by atoms with Crippen LogP contribution >= 0.6 is 0 Å². The lowest BCUT2D eigenvalue weighted by Gasteiger charge is -2.36. The number of anilines is 3. The maximum absolute atomic E-state index is 13.9. The van der Waals surface area contributed by atoms with Gasteiger partial charge in [0.2, 0.25) is 5.91 Å². The molecule has 0 aliphatic carbocycles. The zero-order valence-electron chi connectivity index (χ0n) is 24.4. The first-order valence-corrected chi connectivity index (χ1v) is 14.3. The van der Waals surface area contributed by atoms with Crippen LogP contribution in [0.25, 0.3) is 0 Å². The highest BCUT2D eigenvalue weighted by atomic mass is 19.1. The quantitative estimate of drug-likeness (QED) is 0.268. The number of carbonyl (C=O) groups is 3. The van der Waals surface area contributed by atoms with Crippen molar-refractivity contribution >= 4 is 34.9 Å². The predicted octanol–water partition coefficient (Wildman–Crippen LogP) is 5.47. The molecule has 44 heavy (non-hydrogen) atoms. The molecule has 0 radical (unpaired) electrons. The SMILES string of the molecule is COc1cccc(C(=O)N(CC(=O)Nc2ccc(N3CCN(C(=O)Nc4ccccc4F)CC3)cc2)Cc2ccccc2)c1. The molecule has 4 amide bonds. The Morgan fingerprint density at radius 2 is 1.52 bits per heavy atom. The molecule has 5 rings (SSSR count). The van der Waals surface area contributed by atoms with Crippen LogP contribution in [0.15, 0.2) is 103 Å². The molecule has 1 saturated heterocycles. The molecule has 0 atom stereocenters. The van der Waals surface area contributed by atoms with Gasteiger partial charge in [-0.15, -0.1) is 0 Å². The molecule has 9 nitrogen and oxygen atoms in total. The molecule has 1 aliphatic heterocycles. The van der Waals surface area contributed by atoms with E-state index in [-0.39, 0.29) is 36.6 Å². The summed E-state index contributed by atoms with van der Waals surface area (Å²) in [5.41, 5.74) is 3.06. The van der Waals surface area contributed by atoms with E-state index in [2.05, 4.69) is 15.5 Å². The zero-order valence-corrected chi connectivity index (χ0v) is 24.4. The van der Waals surface area contributed by atoms with E-state index >= 15 is 0 Å². The van der Waals surface area contributed by atoms with Gasteiger partial charge in [-0.3, -0.25) is 9.59 Å². The number of para-hydroxylation sites is 1. The monoisotopic (exact) mass is 595 g/mol. The first-order chi connectivity index (χ1) is 21.4. The summed E-state index contributed by atoms with van der Waals surface area (Å²) in [7, 11) is 1.54. The summed E-state index contributed by atoms with van der Waals surface area (Å²) in [5.74, 6) is -0.509. The van der Waals surface area contributed by atoms with Gasteiger partial charge in [-0.1, -0.05) is 48.5 Å². The van der Waals surface area contributed by atoms with Crippen LogP contribution in [-0.2, 0) is 11.3 Å². The molecule has 2 N–H and O–H groups in total. The minimum absolute atomic E-state index is 0.135. The highest BCUT2D eigenvalue weighted by Gasteiger charge is 2.23. The first kappa shape index (κ1) is 30.1. The van der Waals surface area contributed by atoms with Gasteiger partial charge < -0.3 is 30.1 Å². The van der Waals surface area contributed by atoms with Crippen LogP contribution in [0.1, 0.15) is 15.9 Å². The second-order valence-electron chi connectivity index (χ2n) is 10.4. The molecular formula is C34H34FN5O4. The third-order valence-electron chi connectivity index (χ3n) is 7.35. The Morgan fingerprint density at radius 3 is 2.23 bits per heavy atom. The molecule has 0 saturated carbocycles. The average molecular weight is 596 g/mol. The highest BCUT2D eigenvalue weighted by molar-refractivity contribution is 5.99. The smallest absolute Gasteiger partial charge is 0.322 e. The van der Waals surface area contributed by atoms with E-state index in [1.807, 2.05) is 54.6 Å². The average Bonchev–Trinajstić information content (AvgIpc) is 3.06. The van der Waals surface area contributed by atoms with Crippen molar-refractivity contribution in [1.29, 1.82) is 0 Å². The van der Waals surface area contributed by atoms with Crippen LogP contribution in [0.5, 0.6) is 5.75 Å². The fourth-order valence-electron chi connectivity index (χ4n) is 5.00. The lowest BCUT2D eigenvalue weighted by molar-refractivity contribution is -0.117. The lowest BCUT2D eigenvalue weighted by Crippen LogP contribution is -2.50. The molecular weight excluding hydrogens is 561 g/mol. The molecule has 10 heteroatoms. The number of carbonyl (C=O) groups excluding carboxylic acids is 3. The van der Waals surface area contributed by atoms with Crippen molar-refractivity contribution in [2.75, 3.05) is 55.4 Å². The molecule has 4 aromatic carbocycles. The molecule has 0 aromatic heterocycles. The fraction of sp³-hybridized carbons (Fsp3) is 0.206. The molecule has 1 fully saturated rings. The standard InChI is InChI=1S/C34H34FN5O4/c1-44-29-11-7-10-26(22-29)33(42)40(23-25-8-3-2-4-9-25)24-32(41)36-27-14-16-28(17-15-27)38-18-20-39(21-19-38)34(43)37-31-13-6-5-12-30(31)35/h2-17,22H,18-21,23-24H2,1H3,(H,36,41)(H,37,43). The van der Waals surface area contributed by atoms with Gasteiger partial charge in [0, 0.05) is 49.7 Å². The number of methoxy groups -OCH3 is 1. The number of nitrogens with one attached hydrogen (secondary N) is 2.